The zero-order valence-electron chi connectivity index (χ0n) is 32.8. The molecule has 4 aromatic carbocycles. The molecule has 0 unspecified atom stereocenters. The molecule has 53 heavy (non-hydrogen) atoms. The molecule has 1 aliphatic rings. The summed E-state index contributed by atoms with van der Waals surface area (Å²) in [6.07, 6.45) is 17.8. The van der Waals surface area contributed by atoms with Gasteiger partial charge in [-0.25, -0.2) is 0 Å². The van der Waals surface area contributed by atoms with Crippen molar-refractivity contribution in [3.63, 3.8) is 0 Å². The molecule has 0 fully saturated rings. The molecule has 0 aliphatic heterocycles. The van der Waals surface area contributed by atoms with Gasteiger partial charge in [-0.15, -0.1) is 0 Å². The highest BCUT2D eigenvalue weighted by Gasteiger charge is 2.38. The molecule has 2 N–H and O–H groups in total. The Hall–Kier alpha value is -3.41. The van der Waals surface area contributed by atoms with Gasteiger partial charge < -0.3 is 10.2 Å². The maximum atomic E-state index is 15.0. The Balaban J connectivity index is 1.57. The van der Waals surface area contributed by atoms with Crippen LogP contribution in [0, 0.1) is 0 Å². The third-order valence-electron chi connectivity index (χ3n) is 10.8. The Kier molecular flexibility index (Phi) is 14.8. The van der Waals surface area contributed by atoms with Gasteiger partial charge in [0.05, 0.1) is 10.4 Å². The fourth-order valence-electron chi connectivity index (χ4n) is 7.58. The molecule has 4 aromatic rings. The molecule has 282 valence electrons. The summed E-state index contributed by atoms with van der Waals surface area (Å²) in [6, 6.07) is 22.6. The fourth-order valence-corrected chi connectivity index (χ4v) is 9.09. The van der Waals surface area contributed by atoms with Gasteiger partial charge in [0.2, 0.25) is 0 Å². The first-order chi connectivity index (χ1) is 25.6. The normalized spacial score (nSPS) is 12.6. The largest absolute Gasteiger partial charge is 0.507 e. The molecule has 1 aliphatic carbocycles. The fraction of sp³-hybridized carbons (Fsp3) is 0.458. The molecule has 5 rings (SSSR count). The maximum absolute atomic E-state index is 15.0. The van der Waals surface area contributed by atoms with E-state index in [1.807, 2.05) is 36.4 Å². The van der Waals surface area contributed by atoms with Crippen molar-refractivity contribution in [1.29, 1.82) is 0 Å². The topological polar surface area (TPSA) is 57.5 Å². The number of phenols is 2. The van der Waals surface area contributed by atoms with Crippen LogP contribution in [-0.2, 0) is 18.3 Å². The number of hydrogen-bond donors (Lipinski definition) is 2. The van der Waals surface area contributed by atoms with Crippen LogP contribution >= 0.6 is 24.0 Å². The average molecular weight is 749 g/mol. The third-order valence-corrected chi connectivity index (χ3v) is 12.2. The summed E-state index contributed by atoms with van der Waals surface area (Å²) in [4.78, 5) is 17.3. The highest BCUT2D eigenvalue weighted by molar-refractivity contribution is 7.99. The minimum absolute atomic E-state index is 0.0297. The van der Waals surface area contributed by atoms with Crippen LogP contribution in [0.25, 0.3) is 11.1 Å². The van der Waals surface area contributed by atoms with E-state index in [4.69, 9.17) is 12.2 Å². The molecule has 0 heterocycles. The van der Waals surface area contributed by atoms with E-state index in [0.29, 0.717) is 34.4 Å². The van der Waals surface area contributed by atoms with E-state index in [1.54, 1.807) is 11.8 Å². The number of benzene rings is 4. The molecular weight excluding hydrogens is 689 g/mol. The summed E-state index contributed by atoms with van der Waals surface area (Å²) >= 11 is 7.90. The van der Waals surface area contributed by atoms with Gasteiger partial charge in [-0.1, -0.05) is 178 Å². The average Bonchev–Trinajstić information content (AvgIpc) is 3.14. The minimum atomic E-state index is -0.274. The van der Waals surface area contributed by atoms with E-state index in [1.165, 1.54) is 69.8 Å². The first-order valence-electron chi connectivity index (χ1n) is 20.3. The Morgan fingerprint density at radius 3 is 1.66 bits per heavy atom. The van der Waals surface area contributed by atoms with Crippen LogP contribution < -0.4 is 0 Å². The third kappa shape index (κ3) is 10.0. The van der Waals surface area contributed by atoms with Crippen LogP contribution in [0.4, 0.5) is 0 Å². The van der Waals surface area contributed by atoms with Crippen molar-refractivity contribution in [3.8, 4) is 22.6 Å². The van der Waals surface area contributed by atoms with E-state index in [9.17, 15) is 15.0 Å². The number of aryl methyl sites for hydroxylation is 2. The van der Waals surface area contributed by atoms with Crippen molar-refractivity contribution in [2.75, 3.05) is 0 Å². The van der Waals surface area contributed by atoms with Crippen LogP contribution in [0.15, 0.2) is 76.5 Å². The second-order valence-corrected chi connectivity index (χ2v) is 17.5. The summed E-state index contributed by atoms with van der Waals surface area (Å²) in [5, 5.41) is 24.0. The number of carbonyl (C=O) groups excluding carboxylic acids is 1. The first-order valence-corrected chi connectivity index (χ1v) is 21.5. The first kappa shape index (κ1) is 40.8. The smallest absolute Gasteiger partial charge is 0.198 e. The van der Waals surface area contributed by atoms with Crippen molar-refractivity contribution in [1.82, 2.24) is 0 Å². The van der Waals surface area contributed by atoms with Crippen LogP contribution in [-0.4, -0.2) is 20.9 Å². The zero-order valence-corrected chi connectivity index (χ0v) is 34.4. The molecule has 0 atom stereocenters. The summed E-state index contributed by atoms with van der Waals surface area (Å²) in [5.41, 5.74) is 6.20. The number of unbranched alkanes of at least 4 members (excludes halogenated alkanes) is 12. The highest BCUT2D eigenvalue weighted by Crippen LogP contribution is 2.48. The Bertz CT molecular complexity index is 1850. The SMILES string of the molecule is CCCCCCCCCc1cc(Sc2ccc(C(C)(C)C)cc2)c2c(c1O)C(=O)c1c(-c3ccccc3)cc(CCCCCCCCC)c(O)c1C2=S. The van der Waals surface area contributed by atoms with E-state index in [0.717, 1.165) is 57.7 Å². The maximum Gasteiger partial charge on any atom is 0.198 e. The molecule has 0 spiro atoms. The van der Waals surface area contributed by atoms with Gasteiger partial charge in [-0.3, -0.25) is 4.79 Å². The quantitative estimate of drug-likeness (QED) is 0.0650. The number of carbonyl (C=O) groups is 1. The zero-order chi connectivity index (χ0) is 38.0. The van der Waals surface area contributed by atoms with Crippen molar-refractivity contribution < 1.29 is 15.0 Å². The van der Waals surface area contributed by atoms with Crippen molar-refractivity contribution in [2.24, 2.45) is 0 Å². The van der Waals surface area contributed by atoms with Crippen LogP contribution in [0.1, 0.15) is 168 Å². The van der Waals surface area contributed by atoms with Gasteiger partial charge in [0.25, 0.3) is 0 Å². The van der Waals surface area contributed by atoms with E-state index < -0.39 is 0 Å². The molecule has 0 bridgehead atoms. The highest BCUT2D eigenvalue weighted by atomic mass is 32.2. The molecule has 0 saturated carbocycles. The predicted molar refractivity (Wildman–Crippen MR) is 229 cm³/mol. The second kappa shape index (κ2) is 19.3. The van der Waals surface area contributed by atoms with Gasteiger partial charge >= 0.3 is 0 Å². The summed E-state index contributed by atoms with van der Waals surface area (Å²) in [6.45, 7) is 11.1. The molecule has 0 amide bonds. The molecular formula is C48H60O3S2. The van der Waals surface area contributed by atoms with Crippen molar-refractivity contribution in [3.05, 3.63) is 106 Å². The second-order valence-electron chi connectivity index (χ2n) is 16.0. The summed E-state index contributed by atoms with van der Waals surface area (Å²) in [5.74, 6) is -0.141. The van der Waals surface area contributed by atoms with Crippen molar-refractivity contribution in [2.45, 2.75) is 153 Å². The molecule has 5 heteroatoms. The Morgan fingerprint density at radius 2 is 1.11 bits per heavy atom. The van der Waals surface area contributed by atoms with Gasteiger partial charge in [0, 0.05) is 26.5 Å². The Labute approximate surface area is 329 Å². The lowest BCUT2D eigenvalue weighted by Crippen LogP contribution is -2.24. The number of aromatic hydroxyl groups is 2. The number of fused-ring (bicyclic) bond motifs is 2. The Morgan fingerprint density at radius 1 is 0.604 bits per heavy atom. The van der Waals surface area contributed by atoms with Crippen molar-refractivity contribution >= 4 is 34.6 Å². The summed E-state index contributed by atoms with van der Waals surface area (Å²) in [7, 11) is 0. The summed E-state index contributed by atoms with van der Waals surface area (Å²) < 4.78 is 0. The number of rotatable bonds is 19. The number of hydrogen-bond acceptors (Lipinski definition) is 5. The molecule has 0 aromatic heterocycles. The predicted octanol–water partition coefficient (Wildman–Crippen LogP) is 14.1. The monoisotopic (exact) mass is 748 g/mol. The van der Waals surface area contributed by atoms with Crippen LogP contribution in [0.2, 0.25) is 0 Å². The van der Waals surface area contributed by atoms with Gasteiger partial charge in [0.15, 0.2) is 5.78 Å². The number of ketones is 1. The number of thiocarbonyl (C=S) groups is 1. The van der Waals surface area contributed by atoms with E-state index in [-0.39, 0.29) is 28.3 Å². The molecule has 0 radical (unpaired) electrons. The molecule has 3 nitrogen and oxygen atoms in total. The van der Waals surface area contributed by atoms with Gasteiger partial charge in [0.1, 0.15) is 11.5 Å². The minimum Gasteiger partial charge on any atom is -0.507 e. The lowest BCUT2D eigenvalue weighted by Gasteiger charge is -2.28. The number of phenolic OH excluding ortho intramolecular Hbond substituents is 2. The lowest BCUT2D eigenvalue weighted by atomic mass is 9.77. The lowest BCUT2D eigenvalue weighted by molar-refractivity contribution is 0.103. The molecule has 0 saturated heterocycles. The van der Waals surface area contributed by atoms with Gasteiger partial charge in [-0.2, -0.15) is 0 Å². The van der Waals surface area contributed by atoms with E-state index >= 15 is 0 Å². The standard InChI is InChI=1S/C48H60O3S2/c1-6-8-10-12-14-16-19-25-34-31-38(33-23-21-18-22-24-33)40-43(45(34)50)47(52)41-39(53-37-29-27-36(28-30-37)48(3,4)5)32-35(44(49)42(41)46(40)51)26-20-17-15-13-11-9-7-2/h18,21-24,27-32,49-50H,6-17,19-20,25-26H2,1-5H3. The van der Waals surface area contributed by atoms with Crippen LogP contribution in [0.3, 0.4) is 0 Å². The van der Waals surface area contributed by atoms with E-state index in [2.05, 4.69) is 65.0 Å². The van der Waals surface area contributed by atoms with Gasteiger partial charge in [-0.05, 0) is 83.2 Å². The van der Waals surface area contributed by atoms with Crippen LogP contribution in [0.5, 0.6) is 11.5 Å².